The summed E-state index contributed by atoms with van der Waals surface area (Å²) in [7, 11) is 0. The second-order valence-corrected chi connectivity index (χ2v) is 7.23. The van der Waals surface area contributed by atoms with E-state index in [1.54, 1.807) is 12.3 Å². The Morgan fingerprint density at radius 2 is 1.69 bits per heavy atom. The molecule has 29 heavy (non-hydrogen) atoms. The third-order valence-corrected chi connectivity index (χ3v) is 5.05. The van der Waals surface area contributed by atoms with Gasteiger partial charge in [0, 0.05) is 34.8 Å². The van der Waals surface area contributed by atoms with Crippen molar-refractivity contribution in [3.63, 3.8) is 0 Å². The lowest BCUT2D eigenvalue weighted by atomic mass is 10.1. The van der Waals surface area contributed by atoms with Crippen molar-refractivity contribution in [1.29, 1.82) is 0 Å². The second kappa shape index (κ2) is 8.15. The van der Waals surface area contributed by atoms with Crippen LogP contribution in [0, 0.1) is 13.8 Å². The first-order valence-electron chi connectivity index (χ1n) is 9.64. The van der Waals surface area contributed by atoms with E-state index in [1.807, 2.05) is 37.3 Å². The number of carbonyl (C=O) groups is 1. The van der Waals surface area contributed by atoms with E-state index in [1.165, 1.54) is 11.1 Å². The molecule has 1 heterocycles. The SMILES string of the molecule is Cc1ccc(Cn2cc(/C=N\NC(=O)c3ccccc3C)c3ccccc32)cc1. The van der Waals surface area contributed by atoms with Gasteiger partial charge in [0.2, 0.25) is 0 Å². The number of nitrogens with one attached hydrogen (secondary N) is 1. The highest BCUT2D eigenvalue weighted by molar-refractivity contribution is 6.00. The number of aryl methyl sites for hydroxylation is 2. The van der Waals surface area contributed by atoms with Crippen molar-refractivity contribution in [2.24, 2.45) is 5.10 Å². The Kier molecular flexibility index (Phi) is 5.25. The van der Waals surface area contributed by atoms with Gasteiger partial charge >= 0.3 is 0 Å². The molecule has 0 radical (unpaired) electrons. The van der Waals surface area contributed by atoms with Crippen LogP contribution < -0.4 is 5.43 Å². The normalized spacial score (nSPS) is 11.2. The number of hydrazone groups is 1. The number of benzene rings is 3. The fourth-order valence-electron chi connectivity index (χ4n) is 3.45. The minimum absolute atomic E-state index is 0.206. The van der Waals surface area contributed by atoms with E-state index in [4.69, 9.17) is 0 Å². The van der Waals surface area contributed by atoms with Crippen LogP contribution >= 0.6 is 0 Å². The van der Waals surface area contributed by atoms with Gasteiger partial charge in [-0.05, 0) is 37.1 Å². The summed E-state index contributed by atoms with van der Waals surface area (Å²) in [6.45, 7) is 4.79. The van der Waals surface area contributed by atoms with Crippen LogP contribution in [0.1, 0.15) is 32.6 Å². The van der Waals surface area contributed by atoms with Gasteiger partial charge in [-0.2, -0.15) is 5.10 Å². The topological polar surface area (TPSA) is 46.4 Å². The maximum absolute atomic E-state index is 12.4. The molecule has 0 unspecified atom stereocenters. The van der Waals surface area contributed by atoms with E-state index in [-0.39, 0.29) is 5.91 Å². The number of hydrogen-bond donors (Lipinski definition) is 1. The second-order valence-electron chi connectivity index (χ2n) is 7.23. The van der Waals surface area contributed by atoms with E-state index < -0.39 is 0 Å². The van der Waals surface area contributed by atoms with Gasteiger partial charge in [-0.3, -0.25) is 4.79 Å². The number of amides is 1. The summed E-state index contributed by atoms with van der Waals surface area (Å²) in [5.74, 6) is -0.206. The molecule has 0 aliphatic carbocycles. The lowest BCUT2D eigenvalue weighted by Gasteiger charge is -2.06. The molecule has 0 spiro atoms. The standard InChI is InChI=1S/C25H23N3O/c1-18-11-13-20(14-12-18)16-28-17-21(23-9-5-6-10-24(23)28)15-26-27-25(29)22-8-4-3-7-19(22)2/h3-15,17H,16H2,1-2H3,(H,27,29)/b26-15-. The Bertz CT molecular complexity index is 1190. The lowest BCUT2D eigenvalue weighted by Crippen LogP contribution is -2.18. The minimum Gasteiger partial charge on any atom is -0.342 e. The summed E-state index contributed by atoms with van der Waals surface area (Å²) in [4.78, 5) is 12.4. The Labute approximate surface area is 170 Å². The number of aromatic nitrogens is 1. The van der Waals surface area contributed by atoms with Crippen molar-refractivity contribution in [2.75, 3.05) is 0 Å². The zero-order chi connectivity index (χ0) is 20.2. The summed E-state index contributed by atoms with van der Waals surface area (Å²) >= 11 is 0. The zero-order valence-electron chi connectivity index (χ0n) is 16.6. The summed E-state index contributed by atoms with van der Waals surface area (Å²) in [5, 5.41) is 5.31. The number of fused-ring (bicyclic) bond motifs is 1. The molecule has 144 valence electrons. The van der Waals surface area contributed by atoms with Crippen LogP contribution in [-0.4, -0.2) is 16.7 Å². The van der Waals surface area contributed by atoms with Crippen LogP contribution in [0.15, 0.2) is 84.1 Å². The molecule has 1 amide bonds. The van der Waals surface area contributed by atoms with Crippen molar-refractivity contribution in [2.45, 2.75) is 20.4 Å². The third kappa shape index (κ3) is 4.11. The van der Waals surface area contributed by atoms with Gasteiger partial charge in [0.1, 0.15) is 0 Å². The summed E-state index contributed by atoms with van der Waals surface area (Å²) in [6.07, 6.45) is 3.79. The fraction of sp³-hybridized carbons (Fsp3) is 0.120. The number of hydrogen-bond acceptors (Lipinski definition) is 2. The maximum atomic E-state index is 12.4. The molecule has 0 saturated carbocycles. The van der Waals surface area contributed by atoms with E-state index in [0.29, 0.717) is 5.56 Å². The predicted molar refractivity (Wildman–Crippen MR) is 118 cm³/mol. The molecule has 4 rings (SSSR count). The highest BCUT2D eigenvalue weighted by Gasteiger charge is 2.09. The fourth-order valence-corrected chi connectivity index (χ4v) is 3.45. The van der Waals surface area contributed by atoms with E-state index >= 15 is 0 Å². The summed E-state index contributed by atoms with van der Waals surface area (Å²) in [5.41, 5.74) is 8.80. The molecule has 4 nitrogen and oxygen atoms in total. The molecule has 1 N–H and O–H groups in total. The first kappa shape index (κ1) is 18.7. The van der Waals surface area contributed by atoms with Gasteiger partial charge in [0.15, 0.2) is 0 Å². The van der Waals surface area contributed by atoms with E-state index in [2.05, 4.69) is 64.6 Å². The molecular weight excluding hydrogens is 358 g/mol. The molecular formula is C25H23N3O. The number of nitrogens with zero attached hydrogens (tertiary/aromatic N) is 2. The molecule has 0 aliphatic rings. The number of carbonyl (C=O) groups excluding carboxylic acids is 1. The van der Waals surface area contributed by atoms with Crippen molar-refractivity contribution < 1.29 is 4.79 Å². The average molecular weight is 381 g/mol. The monoisotopic (exact) mass is 381 g/mol. The molecule has 0 saturated heterocycles. The summed E-state index contributed by atoms with van der Waals surface area (Å²) < 4.78 is 2.21. The smallest absolute Gasteiger partial charge is 0.271 e. The maximum Gasteiger partial charge on any atom is 0.271 e. The molecule has 1 aromatic heterocycles. The molecule has 0 bridgehead atoms. The Morgan fingerprint density at radius 3 is 2.48 bits per heavy atom. The van der Waals surface area contributed by atoms with Gasteiger partial charge in [-0.25, -0.2) is 5.43 Å². The van der Waals surface area contributed by atoms with Crippen LogP contribution in [0.25, 0.3) is 10.9 Å². The molecule has 4 heteroatoms. The van der Waals surface area contributed by atoms with Crippen LogP contribution in [0.2, 0.25) is 0 Å². The molecule has 0 atom stereocenters. The predicted octanol–water partition coefficient (Wildman–Crippen LogP) is 5.07. The third-order valence-electron chi connectivity index (χ3n) is 5.05. The average Bonchev–Trinajstić information content (AvgIpc) is 3.08. The molecule has 3 aromatic carbocycles. The van der Waals surface area contributed by atoms with Crippen molar-refractivity contribution in [1.82, 2.24) is 9.99 Å². The zero-order valence-corrected chi connectivity index (χ0v) is 16.6. The van der Waals surface area contributed by atoms with E-state index in [0.717, 1.165) is 28.6 Å². The molecule has 0 aliphatic heterocycles. The Morgan fingerprint density at radius 1 is 0.966 bits per heavy atom. The highest BCUT2D eigenvalue weighted by Crippen LogP contribution is 2.21. The number of para-hydroxylation sites is 1. The van der Waals surface area contributed by atoms with Gasteiger partial charge in [0.05, 0.1) is 6.21 Å². The molecule has 4 aromatic rings. The van der Waals surface area contributed by atoms with Crippen LogP contribution in [0.5, 0.6) is 0 Å². The van der Waals surface area contributed by atoms with Crippen LogP contribution in [0.4, 0.5) is 0 Å². The van der Waals surface area contributed by atoms with Gasteiger partial charge < -0.3 is 4.57 Å². The lowest BCUT2D eigenvalue weighted by molar-refractivity contribution is 0.0954. The largest absolute Gasteiger partial charge is 0.342 e. The Hall–Kier alpha value is -3.66. The summed E-state index contributed by atoms with van der Waals surface area (Å²) in [6, 6.07) is 24.3. The Balaban J connectivity index is 1.57. The van der Waals surface area contributed by atoms with Crippen molar-refractivity contribution >= 4 is 23.0 Å². The van der Waals surface area contributed by atoms with Gasteiger partial charge in [0.25, 0.3) is 5.91 Å². The van der Waals surface area contributed by atoms with Crippen LogP contribution in [0.3, 0.4) is 0 Å². The minimum atomic E-state index is -0.206. The first-order chi connectivity index (χ1) is 14.1. The van der Waals surface area contributed by atoms with Crippen molar-refractivity contribution in [3.8, 4) is 0 Å². The quantitative estimate of drug-likeness (QED) is 0.381. The van der Waals surface area contributed by atoms with Crippen LogP contribution in [-0.2, 0) is 6.54 Å². The van der Waals surface area contributed by atoms with Gasteiger partial charge in [-0.1, -0.05) is 66.2 Å². The number of rotatable bonds is 5. The highest BCUT2D eigenvalue weighted by atomic mass is 16.2. The first-order valence-corrected chi connectivity index (χ1v) is 9.64. The van der Waals surface area contributed by atoms with E-state index in [9.17, 15) is 4.79 Å². The van der Waals surface area contributed by atoms with Crippen molar-refractivity contribution in [3.05, 3.63) is 107 Å². The molecule has 0 fully saturated rings. The van der Waals surface area contributed by atoms with Gasteiger partial charge in [-0.15, -0.1) is 0 Å².